The molecule has 156 valence electrons. The maximum absolute atomic E-state index is 12.6. The van der Waals surface area contributed by atoms with Gasteiger partial charge >= 0.3 is 0 Å². The van der Waals surface area contributed by atoms with Crippen LogP contribution in [0.5, 0.6) is 5.75 Å². The van der Waals surface area contributed by atoms with Crippen molar-refractivity contribution in [3.63, 3.8) is 0 Å². The first-order chi connectivity index (χ1) is 13.2. The van der Waals surface area contributed by atoms with Crippen molar-refractivity contribution in [3.8, 4) is 5.75 Å². The first-order valence-electron chi connectivity index (χ1n) is 10.4. The molecule has 28 heavy (non-hydrogen) atoms. The molecule has 1 atom stereocenters. The number of carbonyl (C=O) groups is 2. The molecule has 1 aromatic carbocycles. The van der Waals surface area contributed by atoms with E-state index in [9.17, 15) is 9.59 Å². The summed E-state index contributed by atoms with van der Waals surface area (Å²) in [6, 6.07) is 7.71. The third-order valence-corrected chi connectivity index (χ3v) is 4.78. The Balaban J connectivity index is 1.79. The van der Waals surface area contributed by atoms with Crippen LogP contribution < -0.4 is 10.1 Å². The lowest BCUT2D eigenvalue weighted by molar-refractivity contribution is -0.139. The lowest BCUT2D eigenvalue weighted by Crippen LogP contribution is -2.47. The molecule has 1 saturated heterocycles. The van der Waals surface area contributed by atoms with Gasteiger partial charge in [-0.3, -0.25) is 9.59 Å². The fraction of sp³-hybridized carbons (Fsp3) is 0.652. The summed E-state index contributed by atoms with van der Waals surface area (Å²) >= 11 is 0. The fourth-order valence-corrected chi connectivity index (χ4v) is 3.36. The van der Waals surface area contributed by atoms with E-state index in [1.165, 1.54) is 0 Å². The summed E-state index contributed by atoms with van der Waals surface area (Å²) in [5.41, 5.74) is 1.09. The van der Waals surface area contributed by atoms with E-state index in [4.69, 9.17) is 4.74 Å². The van der Waals surface area contributed by atoms with Gasteiger partial charge in [-0.15, -0.1) is 0 Å². The third-order valence-electron chi connectivity index (χ3n) is 4.78. The summed E-state index contributed by atoms with van der Waals surface area (Å²) in [7, 11) is 0. The van der Waals surface area contributed by atoms with Gasteiger partial charge in [-0.2, -0.15) is 0 Å². The Morgan fingerprint density at radius 2 is 1.89 bits per heavy atom. The maximum Gasteiger partial charge on any atom is 0.242 e. The normalized spacial score (nSPS) is 17.1. The van der Waals surface area contributed by atoms with Crippen molar-refractivity contribution in [2.45, 2.75) is 66.3 Å². The summed E-state index contributed by atoms with van der Waals surface area (Å²) in [5.74, 6) is 1.43. The Labute approximate surface area is 169 Å². The molecule has 0 radical (unpaired) electrons. The molecular formula is C23H36N2O3. The van der Waals surface area contributed by atoms with Crippen molar-refractivity contribution in [2.75, 3.05) is 19.7 Å². The number of nitrogens with zero attached hydrogens (tertiary/aromatic N) is 1. The lowest BCUT2D eigenvalue weighted by atomic mass is 9.91. The number of hydrogen-bond acceptors (Lipinski definition) is 3. The van der Waals surface area contributed by atoms with E-state index in [0.717, 1.165) is 30.6 Å². The van der Waals surface area contributed by atoms with Crippen LogP contribution >= 0.6 is 0 Å². The van der Waals surface area contributed by atoms with Gasteiger partial charge in [-0.05, 0) is 48.3 Å². The predicted molar refractivity (Wildman–Crippen MR) is 112 cm³/mol. The first kappa shape index (κ1) is 22.3. The zero-order valence-corrected chi connectivity index (χ0v) is 18.1. The molecule has 1 N–H and O–H groups in total. The fourth-order valence-electron chi connectivity index (χ4n) is 3.36. The zero-order valence-electron chi connectivity index (χ0n) is 18.1. The molecule has 5 nitrogen and oxygen atoms in total. The number of likely N-dealkylation sites (tertiary alicyclic amines) is 1. The van der Waals surface area contributed by atoms with Crippen LogP contribution in [0.15, 0.2) is 24.3 Å². The van der Waals surface area contributed by atoms with Crippen LogP contribution in [0.25, 0.3) is 0 Å². The minimum Gasteiger partial charge on any atom is -0.493 e. The predicted octanol–water partition coefficient (Wildman–Crippen LogP) is 3.81. The quantitative estimate of drug-likeness (QED) is 0.737. The van der Waals surface area contributed by atoms with Crippen LogP contribution in [0, 0.1) is 11.3 Å². The Hall–Kier alpha value is -2.04. The van der Waals surface area contributed by atoms with E-state index >= 15 is 0 Å². The number of ether oxygens (including phenoxy) is 1. The Kier molecular flexibility index (Phi) is 7.90. The second-order valence-electron chi connectivity index (χ2n) is 9.37. The minimum atomic E-state index is -0.318. The molecule has 2 rings (SSSR count). The third kappa shape index (κ3) is 7.17. The van der Waals surface area contributed by atoms with E-state index in [2.05, 4.69) is 39.9 Å². The molecule has 0 aliphatic carbocycles. The monoisotopic (exact) mass is 388 g/mol. The maximum atomic E-state index is 12.6. The van der Waals surface area contributed by atoms with Crippen molar-refractivity contribution in [1.29, 1.82) is 0 Å². The van der Waals surface area contributed by atoms with Gasteiger partial charge in [-0.25, -0.2) is 0 Å². The Morgan fingerprint density at radius 3 is 2.50 bits per heavy atom. The highest BCUT2D eigenvalue weighted by molar-refractivity contribution is 5.88. The van der Waals surface area contributed by atoms with Gasteiger partial charge in [0.25, 0.3) is 0 Å². The van der Waals surface area contributed by atoms with Gasteiger partial charge in [0.2, 0.25) is 11.8 Å². The van der Waals surface area contributed by atoms with Gasteiger partial charge in [-0.1, -0.05) is 46.8 Å². The number of carbonyl (C=O) groups excluding carboxylic acids is 2. The van der Waals surface area contributed by atoms with Crippen LogP contribution in [0.1, 0.15) is 59.4 Å². The molecule has 2 amide bonds. The van der Waals surface area contributed by atoms with Gasteiger partial charge in [0.1, 0.15) is 11.8 Å². The van der Waals surface area contributed by atoms with Crippen molar-refractivity contribution < 1.29 is 14.3 Å². The Bertz CT molecular complexity index is 647. The van der Waals surface area contributed by atoms with Gasteiger partial charge in [0.05, 0.1) is 6.61 Å². The summed E-state index contributed by atoms with van der Waals surface area (Å²) < 4.78 is 5.69. The van der Waals surface area contributed by atoms with Crippen LogP contribution in [0.4, 0.5) is 0 Å². The number of benzene rings is 1. The molecule has 1 unspecified atom stereocenters. The largest absolute Gasteiger partial charge is 0.493 e. The van der Waals surface area contributed by atoms with Crippen molar-refractivity contribution >= 4 is 11.8 Å². The molecule has 5 heteroatoms. The second kappa shape index (κ2) is 9.94. The highest BCUT2D eigenvalue weighted by atomic mass is 16.5. The highest BCUT2D eigenvalue weighted by Gasteiger charge is 2.35. The molecule has 1 heterocycles. The van der Waals surface area contributed by atoms with Crippen molar-refractivity contribution in [2.24, 2.45) is 11.3 Å². The number of rotatable bonds is 8. The van der Waals surface area contributed by atoms with Gasteiger partial charge in [0.15, 0.2) is 0 Å². The SMILES string of the molecule is CC(C)COc1ccc(CCNC(=O)C2CCCN2C(=O)CC(C)(C)C)cc1. The number of nitrogens with one attached hydrogen (secondary N) is 1. The first-order valence-corrected chi connectivity index (χ1v) is 10.4. The summed E-state index contributed by atoms with van der Waals surface area (Å²) in [4.78, 5) is 26.9. The smallest absolute Gasteiger partial charge is 0.242 e. The second-order valence-corrected chi connectivity index (χ2v) is 9.37. The topological polar surface area (TPSA) is 58.6 Å². The number of amides is 2. The molecule has 0 aromatic heterocycles. The van der Waals surface area contributed by atoms with E-state index in [-0.39, 0.29) is 23.3 Å². The molecule has 1 aliphatic heterocycles. The zero-order chi connectivity index (χ0) is 20.7. The van der Waals surface area contributed by atoms with E-state index in [1.807, 2.05) is 24.3 Å². The molecule has 1 fully saturated rings. The molecular weight excluding hydrogens is 352 g/mol. The molecule has 0 saturated carbocycles. The van der Waals surface area contributed by atoms with Crippen molar-refractivity contribution in [1.82, 2.24) is 10.2 Å². The summed E-state index contributed by atoms with van der Waals surface area (Å²) in [6.07, 6.45) is 2.89. The van der Waals surface area contributed by atoms with E-state index in [1.54, 1.807) is 4.90 Å². The van der Waals surface area contributed by atoms with Crippen LogP contribution in [0.3, 0.4) is 0 Å². The minimum absolute atomic E-state index is 0.0309. The van der Waals surface area contributed by atoms with E-state index in [0.29, 0.717) is 32.0 Å². The Morgan fingerprint density at radius 1 is 1.21 bits per heavy atom. The van der Waals surface area contributed by atoms with E-state index < -0.39 is 0 Å². The standard InChI is InChI=1S/C23H36N2O3/c1-17(2)16-28-19-10-8-18(9-11-19)12-13-24-22(27)20-7-6-14-25(20)21(26)15-23(3,4)5/h8-11,17,20H,6-7,12-16H2,1-5H3,(H,24,27). The molecule has 1 aliphatic rings. The average Bonchev–Trinajstić information content (AvgIpc) is 3.09. The molecule has 0 spiro atoms. The van der Waals surface area contributed by atoms with Crippen LogP contribution in [0.2, 0.25) is 0 Å². The number of hydrogen-bond donors (Lipinski definition) is 1. The average molecular weight is 389 g/mol. The van der Waals surface area contributed by atoms with Crippen LogP contribution in [-0.2, 0) is 16.0 Å². The van der Waals surface area contributed by atoms with Gasteiger partial charge < -0.3 is 15.0 Å². The molecule has 0 bridgehead atoms. The molecule has 1 aromatic rings. The highest BCUT2D eigenvalue weighted by Crippen LogP contribution is 2.24. The van der Waals surface area contributed by atoms with Crippen LogP contribution in [-0.4, -0.2) is 42.5 Å². The summed E-state index contributed by atoms with van der Waals surface area (Å²) in [6.45, 7) is 12.4. The van der Waals surface area contributed by atoms with Crippen molar-refractivity contribution in [3.05, 3.63) is 29.8 Å². The summed E-state index contributed by atoms with van der Waals surface area (Å²) in [5, 5.41) is 3.01. The lowest BCUT2D eigenvalue weighted by Gasteiger charge is -2.27. The van der Waals surface area contributed by atoms with Gasteiger partial charge in [0, 0.05) is 19.5 Å².